The van der Waals surface area contributed by atoms with Crippen molar-refractivity contribution in [1.82, 2.24) is 0 Å². The first-order valence-electron chi connectivity index (χ1n) is 6.70. The van der Waals surface area contributed by atoms with Gasteiger partial charge in [0.25, 0.3) is 10.0 Å². The van der Waals surface area contributed by atoms with Crippen molar-refractivity contribution in [3.05, 3.63) is 59.7 Å². The fourth-order valence-electron chi connectivity index (χ4n) is 1.99. The van der Waals surface area contributed by atoms with E-state index in [1.807, 2.05) is 13.0 Å². The average Bonchev–Trinajstić information content (AvgIpc) is 2.48. The fraction of sp³-hybridized carbons (Fsp3) is 0.188. The molecule has 2 aromatic carbocycles. The van der Waals surface area contributed by atoms with Crippen molar-refractivity contribution in [3.63, 3.8) is 0 Å². The van der Waals surface area contributed by atoms with Gasteiger partial charge in [0.2, 0.25) is 0 Å². The Morgan fingerprint density at radius 1 is 1.09 bits per heavy atom. The van der Waals surface area contributed by atoms with Crippen LogP contribution in [0.2, 0.25) is 0 Å². The summed E-state index contributed by atoms with van der Waals surface area (Å²) in [7, 11) is -2.20. The summed E-state index contributed by atoms with van der Waals surface area (Å²) in [6, 6.07) is 13.7. The van der Waals surface area contributed by atoms with E-state index in [0.717, 1.165) is 5.56 Å². The Hall–Kier alpha value is -2.34. The molecular formula is C16H18N2O3S. The zero-order valence-electron chi connectivity index (χ0n) is 12.7. The van der Waals surface area contributed by atoms with E-state index in [9.17, 15) is 8.42 Å². The molecule has 0 aliphatic rings. The predicted molar refractivity (Wildman–Crippen MR) is 87.6 cm³/mol. The van der Waals surface area contributed by atoms with Crippen LogP contribution < -0.4 is 4.72 Å². The van der Waals surface area contributed by atoms with Crippen molar-refractivity contribution >= 4 is 21.4 Å². The van der Waals surface area contributed by atoms with Gasteiger partial charge in [-0.3, -0.25) is 4.72 Å². The standard InChI is InChI=1S/C16H18N2O3S/c1-12-8-10-14(11-9-12)22(19,20)18-16-7-5-4-6-15(16)13(2)17-21-3/h4-11,18H,1-3H3/b17-13+. The highest BCUT2D eigenvalue weighted by molar-refractivity contribution is 7.92. The van der Waals surface area contributed by atoms with Crippen molar-refractivity contribution in [2.75, 3.05) is 11.8 Å². The monoisotopic (exact) mass is 318 g/mol. The highest BCUT2D eigenvalue weighted by Crippen LogP contribution is 2.21. The maximum atomic E-state index is 12.5. The Kier molecular flexibility index (Phi) is 4.82. The molecule has 0 aromatic heterocycles. The van der Waals surface area contributed by atoms with Gasteiger partial charge < -0.3 is 4.84 Å². The van der Waals surface area contributed by atoms with Gasteiger partial charge in [0.05, 0.1) is 16.3 Å². The van der Waals surface area contributed by atoms with Crippen molar-refractivity contribution in [2.45, 2.75) is 18.7 Å². The molecule has 0 spiro atoms. The third-order valence-electron chi connectivity index (χ3n) is 3.12. The number of nitrogens with zero attached hydrogens (tertiary/aromatic N) is 1. The SMILES string of the molecule is CO/N=C(\C)c1ccccc1NS(=O)(=O)c1ccc(C)cc1. The number of hydrogen-bond acceptors (Lipinski definition) is 4. The van der Waals surface area contributed by atoms with Crippen molar-refractivity contribution in [1.29, 1.82) is 0 Å². The second kappa shape index (κ2) is 6.62. The molecule has 0 aliphatic heterocycles. The predicted octanol–water partition coefficient (Wildman–Crippen LogP) is 3.17. The topological polar surface area (TPSA) is 67.8 Å². The highest BCUT2D eigenvalue weighted by Gasteiger charge is 2.16. The summed E-state index contributed by atoms with van der Waals surface area (Å²) in [4.78, 5) is 4.97. The van der Waals surface area contributed by atoms with Gasteiger partial charge in [-0.15, -0.1) is 0 Å². The third-order valence-corrected chi connectivity index (χ3v) is 4.50. The lowest BCUT2D eigenvalue weighted by molar-refractivity contribution is 0.213. The lowest BCUT2D eigenvalue weighted by atomic mass is 10.1. The highest BCUT2D eigenvalue weighted by atomic mass is 32.2. The van der Waals surface area contributed by atoms with Gasteiger partial charge in [0, 0.05) is 5.56 Å². The van der Waals surface area contributed by atoms with Crippen LogP contribution in [-0.2, 0) is 14.9 Å². The molecule has 0 heterocycles. The number of rotatable bonds is 5. The van der Waals surface area contributed by atoms with Crippen molar-refractivity contribution in [2.24, 2.45) is 5.16 Å². The third kappa shape index (κ3) is 3.65. The van der Waals surface area contributed by atoms with Crippen LogP contribution in [0.15, 0.2) is 58.6 Å². The van der Waals surface area contributed by atoms with E-state index in [4.69, 9.17) is 4.84 Å². The average molecular weight is 318 g/mol. The summed E-state index contributed by atoms with van der Waals surface area (Å²) in [5.41, 5.74) is 2.72. The van der Waals surface area contributed by atoms with Gasteiger partial charge in [-0.2, -0.15) is 0 Å². The minimum absolute atomic E-state index is 0.217. The lowest BCUT2D eigenvalue weighted by Gasteiger charge is -2.12. The summed E-state index contributed by atoms with van der Waals surface area (Å²) in [5.74, 6) is 0. The van der Waals surface area contributed by atoms with Crippen LogP contribution in [0, 0.1) is 6.92 Å². The summed E-state index contributed by atoms with van der Waals surface area (Å²) < 4.78 is 27.5. The van der Waals surface area contributed by atoms with Crippen molar-refractivity contribution in [3.8, 4) is 0 Å². The number of anilines is 1. The minimum Gasteiger partial charge on any atom is -0.399 e. The van der Waals surface area contributed by atoms with Crippen LogP contribution >= 0.6 is 0 Å². The zero-order valence-corrected chi connectivity index (χ0v) is 13.5. The normalized spacial score (nSPS) is 12.0. The molecule has 0 saturated heterocycles. The second-order valence-electron chi connectivity index (χ2n) is 4.82. The second-order valence-corrected chi connectivity index (χ2v) is 6.51. The number of para-hydroxylation sites is 1. The molecule has 0 unspecified atom stereocenters. The number of aryl methyl sites for hydroxylation is 1. The Morgan fingerprint density at radius 2 is 1.73 bits per heavy atom. The Bertz CT molecular complexity index is 781. The van der Waals surface area contributed by atoms with E-state index < -0.39 is 10.0 Å². The maximum Gasteiger partial charge on any atom is 0.261 e. The molecule has 116 valence electrons. The van der Waals surface area contributed by atoms with E-state index >= 15 is 0 Å². The number of oxime groups is 1. The van der Waals surface area contributed by atoms with Crippen LogP contribution in [0.1, 0.15) is 18.1 Å². The van der Waals surface area contributed by atoms with E-state index in [-0.39, 0.29) is 4.90 Å². The first-order valence-corrected chi connectivity index (χ1v) is 8.19. The van der Waals surface area contributed by atoms with Gasteiger partial charge in [-0.25, -0.2) is 8.42 Å². The summed E-state index contributed by atoms with van der Waals surface area (Å²) in [6.45, 7) is 3.66. The van der Waals surface area contributed by atoms with Crippen LogP contribution in [0.5, 0.6) is 0 Å². The van der Waals surface area contributed by atoms with E-state index in [2.05, 4.69) is 9.88 Å². The summed E-state index contributed by atoms with van der Waals surface area (Å²) >= 11 is 0. The number of benzene rings is 2. The quantitative estimate of drug-likeness (QED) is 0.680. The van der Waals surface area contributed by atoms with Gasteiger partial charge in [-0.1, -0.05) is 41.1 Å². The van der Waals surface area contributed by atoms with E-state index in [1.165, 1.54) is 7.11 Å². The smallest absolute Gasteiger partial charge is 0.261 e. The van der Waals surface area contributed by atoms with Crippen LogP contribution in [0.4, 0.5) is 5.69 Å². The molecule has 0 radical (unpaired) electrons. The lowest BCUT2D eigenvalue weighted by Crippen LogP contribution is -2.15. The molecular weight excluding hydrogens is 300 g/mol. The van der Waals surface area contributed by atoms with Crippen molar-refractivity contribution < 1.29 is 13.3 Å². The Morgan fingerprint density at radius 3 is 2.36 bits per heavy atom. The summed E-state index contributed by atoms with van der Waals surface area (Å²) in [6.07, 6.45) is 0. The molecule has 0 fully saturated rings. The number of hydrogen-bond donors (Lipinski definition) is 1. The molecule has 6 heteroatoms. The molecule has 5 nitrogen and oxygen atoms in total. The van der Waals surface area contributed by atoms with Crippen LogP contribution in [0.3, 0.4) is 0 Å². The molecule has 0 saturated carbocycles. The maximum absolute atomic E-state index is 12.5. The summed E-state index contributed by atoms with van der Waals surface area (Å²) in [5, 5.41) is 3.85. The Balaban J connectivity index is 2.38. The zero-order chi connectivity index (χ0) is 16.2. The number of nitrogens with one attached hydrogen (secondary N) is 1. The van der Waals surface area contributed by atoms with Gasteiger partial charge in [-0.05, 0) is 32.0 Å². The Labute approximate surface area is 130 Å². The van der Waals surface area contributed by atoms with E-state index in [0.29, 0.717) is 17.0 Å². The number of sulfonamides is 1. The van der Waals surface area contributed by atoms with E-state index in [1.54, 1.807) is 49.4 Å². The molecule has 0 atom stereocenters. The molecule has 0 bridgehead atoms. The first kappa shape index (κ1) is 16.0. The van der Waals surface area contributed by atoms with Crippen LogP contribution in [0.25, 0.3) is 0 Å². The fourth-order valence-corrected chi connectivity index (χ4v) is 3.07. The first-order chi connectivity index (χ1) is 10.4. The van der Waals surface area contributed by atoms with Gasteiger partial charge >= 0.3 is 0 Å². The molecule has 2 rings (SSSR count). The van der Waals surface area contributed by atoms with Gasteiger partial charge in [0.15, 0.2) is 0 Å². The van der Waals surface area contributed by atoms with Gasteiger partial charge in [0.1, 0.15) is 7.11 Å². The molecule has 0 amide bonds. The minimum atomic E-state index is -3.65. The molecule has 22 heavy (non-hydrogen) atoms. The molecule has 2 aromatic rings. The molecule has 1 N–H and O–H groups in total. The largest absolute Gasteiger partial charge is 0.399 e. The van der Waals surface area contributed by atoms with Crippen LogP contribution in [-0.4, -0.2) is 21.2 Å². The molecule has 0 aliphatic carbocycles.